The van der Waals surface area contributed by atoms with E-state index < -0.39 is 16.4 Å². The van der Waals surface area contributed by atoms with Crippen LogP contribution >= 0.6 is 0 Å². The molecular formula is C14H20N4O5. The standard InChI is InChI=1S/C14H20N4O5/c1-10-2-5-14(6-3-10,13(20)21)16-12(19)4-7-17-9-11(8-15-17)18(22)23/h8-10H,2-7H2,1H3,(H,16,19)(H,20,21). The first-order valence-electron chi connectivity index (χ1n) is 7.54. The maximum Gasteiger partial charge on any atom is 0.329 e. The zero-order valence-corrected chi connectivity index (χ0v) is 12.9. The zero-order valence-electron chi connectivity index (χ0n) is 12.9. The van der Waals surface area contributed by atoms with Gasteiger partial charge in [0.25, 0.3) is 0 Å². The second kappa shape index (κ2) is 6.76. The quantitative estimate of drug-likeness (QED) is 0.600. The SMILES string of the molecule is CC1CCC(NC(=O)CCn2cc([N+](=O)[O-])cn2)(C(=O)O)CC1. The molecule has 0 aromatic carbocycles. The van der Waals surface area contributed by atoms with Crippen molar-refractivity contribution in [2.75, 3.05) is 0 Å². The third-order valence-corrected chi connectivity index (χ3v) is 4.31. The van der Waals surface area contributed by atoms with Gasteiger partial charge in [0.2, 0.25) is 5.91 Å². The second-order valence-electron chi connectivity index (χ2n) is 6.09. The Balaban J connectivity index is 1.91. The van der Waals surface area contributed by atoms with E-state index in [1.807, 2.05) is 0 Å². The highest BCUT2D eigenvalue weighted by Crippen LogP contribution is 2.32. The minimum Gasteiger partial charge on any atom is -0.480 e. The molecule has 1 aromatic heterocycles. The molecule has 9 heteroatoms. The highest BCUT2D eigenvalue weighted by molar-refractivity contribution is 5.87. The van der Waals surface area contributed by atoms with Crippen molar-refractivity contribution in [2.24, 2.45) is 5.92 Å². The summed E-state index contributed by atoms with van der Waals surface area (Å²) < 4.78 is 1.30. The Morgan fingerprint density at radius 2 is 2.17 bits per heavy atom. The monoisotopic (exact) mass is 324 g/mol. The van der Waals surface area contributed by atoms with Gasteiger partial charge >= 0.3 is 11.7 Å². The van der Waals surface area contributed by atoms with Crippen molar-refractivity contribution in [3.63, 3.8) is 0 Å². The molecule has 0 spiro atoms. The van der Waals surface area contributed by atoms with E-state index in [-0.39, 0.29) is 24.6 Å². The average molecular weight is 324 g/mol. The van der Waals surface area contributed by atoms with E-state index in [9.17, 15) is 24.8 Å². The summed E-state index contributed by atoms with van der Waals surface area (Å²) >= 11 is 0. The molecule has 0 aliphatic heterocycles. The van der Waals surface area contributed by atoms with E-state index in [2.05, 4.69) is 17.3 Å². The molecule has 9 nitrogen and oxygen atoms in total. The summed E-state index contributed by atoms with van der Waals surface area (Å²) in [4.78, 5) is 33.6. The van der Waals surface area contributed by atoms with Gasteiger partial charge in [-0.05, 0) is 31.6 Å². The number of nitrogens with zero attached hydrogens (tertiary/aromatic N) is 3. The maximum atomic E-state index is 12.1. The smallest absolute Gasteiger partial charge is 0.329 e. The van der Waals surface area contributed by atoms with Crippen LogP contribution in [0.3, 0.4) is 0 Å². The summed E-state index contributed by atoms with van der Waals surface area (Å²) in [5.74, 6) is -0.934. The Hall–Kier alpha value is -2.45. The number of carbonyl (C=O) groups excluding carboxylic acids is 1. The fourth-order valence-electron chi connectivity index (χ4n) is 2.76. The Kier molecular flexibility index (Phi) is 4.97. The van der Waals surface area contributed by atoms with Crippen molar-refractivity contribution in [3.8, 4) is 0 Å². The number of aliphatic carboxylic acids is 1. The van der Waals surface area contributed by atoms with Gasteiger partial charge in [-0.15, -0.1) is 0 Å². The molecule has 1 heterocycles. The lowest BCUT2D eigenvalue weighted by Crippen LogP contribution is -2.56. The van der Waals surface area contributed by atoms with Crippen molar-refractivity contribution in [2.45, 2.75) is 51.1 Å². The van der Waals surface area contributed by atoms with E-state index in [4.69, 9.17) is 0 Å². The van der Waals surface area contributed by atoms with Crippen LogP contribution in [0.2, 0.25) is 0 Å². The first-order chi connectivity index (χ1) is 10.8. The predicted octanol–water partition coefficient (Wildman–Crippen LogP) is 1.33. The van der Waals surface area contributed by atoms with Crippen molar-refractivity contribution in [3.05, 3.63) is 22.5 Å². The number of carboxylic acids is 1. The number of aryl methyl sites for hydroxylation is 1. The number of carboxylic acid groups (broad SMARTS) is 1. The lowest BCUT2D eigenvalue weighted by Gasteiger charge is -2.36. The second-order valence-corrected chi connectivity index (χ2v) is 6.09. The zero-order chi connectivity index (χ0) is 17.0. The van der Waals surface area contributed by atoms with Gasteiger partial charge in [0.15, 0.2) is 0 Å². The Labute approximate surface area is 132 Å². The molecule has 1 fully saturated rings. The lowest BCUT2D eigenvalue weighted by atomic mass is 9.77. The maximum absolute atomic E-state index is 12.1. The van der Waals surface area contributed by atoms with E-state index in [1.165, 1.54) is 10.9 Å². The van der Waals surface area contributed by atoms with Gasteiger partial charge in [-0.3, -0.25) is 19.6 Å². The van der Waals surface area contributed by atoms with Crippen LogP contribution in [0.25, 0.3) is 0 Å². The molecule has 0 unspecified atom stereocenters. The molecule has 0 radical (unpaired) electrons. The average Bonchev–Trinajstić information content (AvgIpc) is 2.97. The summed E-state index contributed by atoms with van der Waals surface area (Å²) in [6.45, 7) is 2.23. The summed E-state index contributed by atoms with van der Waals surface area (Å²) in [6, 6.07) is 0. The highest BCUT2D eigenvalue weighted by atomic mass is 16.6. The Morgan fingerprint density at radius 1 is 1.52 bits per heavy atom. The largest absolute Gasteiger partial charge is 0.480 e. The van der Waals surface area contributed by atoms with Gasteiger partial charge in [-0.2, -0.15) is 5.10 Å². The van der Waals surface area contributed by atoms with Gasteiger partial charge in [-0.1, -0.05) is 6.92 Å². The van der Waals surface area contributed by atoms with Crippen LogP contribution in [0.15, 0.2) is 12.4 Å². The number of carbonyl (C=O) groups is 2. The third kappa shape index (κ3) is 4.05. The number of amides is 1. The summed E-state index contributed by atoms with van der Waals surface area (Å²) in [7, 11) is 0. The van der Waals surface area contributed by atoms with E-state index in [1.54, 1.807) is 0 Å². The first kappa shape index (κ1) is 16.9. The van der Waals surface area contributed by atoms with Crippen LogP contribution in [0.1, 0.15) is 39.0 Å². The normalized spacial score (nSPS) is 24.1. The summed E-state index contributed by atoms with van der Waals surface area (Å²) in [5.41, 5.74) is -1.34. The molecule has 1 aliphatic rings. The predicted molar refractivity (Wildman–Crippen MR) is 79.6 cm³/mol. The van der Waals surface area contributed by atoms with Gasteiger partial charge < -0.3 is 10.4 Å². The topological polar surface area (TPSA) is 127 Å². The molecular weight excluding hydrogens is 304 g/mol. The van der Waals surface area contributed by atoms with Gasteiger partial charge in [-0.25, -0.2) is 4.79 Å². The Bertz CT molecular complexity index is 604. The number of rotatable bonds is 6. The molecule has 23 heavy (non-hydrogen) atoms. The molecule has 1 amide bonds. The summed E-state index contributed by atoms with van der Waals surface area (Å²) in [5, 5.41) is 26.5. The Morgan fingerprint density at radius 3 is 2.70 bits per heavy atom. The number of nitrogens with one attached hydrogen (secondary N) is 1. The molecule has 1 aliphatic carbocycles. The number of hydrogen-bond acceptors (Lipinski definition) is 5. The van der Waals surface area contributed by atoms with E-state index in [0.717, 1.165) is 19.0 Å². The highest BCUT2D eigenvalue weighted by Gasteiger charge is 2.42. The number of nitro groups is 1. The van der Waals surface area contributed by atoms with Crippen LogP contribution in [-0.4, -0.2) is 37.2 Å². The molecule has 1 saturated carbocycles. The fraction of sp³-hybridized carbons (Fsp3) is 0.643. The van der Waals surface area contributed by atoms with Crippen molar-refractivity contribution in [1.29, 1.82) is 0 Å². The molecule has 0 saturated heterocycles. The first-order valence-corrected chi connectivity index (χ1v) is 7.54. The minimum atomic E-state index is -1.19. The van der Waals surface area contributed by atoms with Crippen LogP contribution < -0.4 is 5.32 Å². The molecule has 126 valence electrons. The van der Waals surface area contributed by atoms with Gasteiger partial charge in [0, 0.05) is 13.0 Å². The number of hydrogen-bond donors (Lipinski definition) is 2. The van der Waals surface area contributed by atoms with Crippen LogP contribution in [0, 0.1) is 16.0 Å². The fourth-order valence-corrected chi connectivity index (χ4v) is 2.76. The molecule has 2 rings (SSSR count). The van der Waals surface area contributed by atoms with Gasteiger partial charge in [0.05, 0.1) is 4.92 Å². The molecule has 0 atom stereocenters. The van der Waals surface area contributed by atoms with Crippen molar-refractivity contribution in [1.82, 2.24) is 15.1 Å². The van der Waals surface area contributed by atoms with Crippen LogP contribution in [-0.2, 0) is 16.1 Å². The number of aromatic nitrogens is 2. The van der Waals surface area contributed by atoms with Gasteiger partial charge in [0.1, 0.15) is 17.9 Å². The van der Waals surface area contributed by atoms with Crippen LogP contribution in [0.4, 0.5) is 5.69 Å². The van der Waals surface area contributed by atoms with E-state index >= 15 is 0 Å². The van der Waals surface area contributed by atoms with Crippen LogP contribution in [0.5, 0.6) is 0 Å². The van der Waals surface area contributed by atoms with Crippen molar-refractivity contribution >= 4 is 17.6 Å². The molecule has 2 N–H and O–H groups in total. The van der Waals surface area contributed by atoms with Crippen molar-refractivity contribution < 1.29 is 19.6 Å². The molecule has 1 aromatic rings. The molecule has 0 bridgehead atoms. The third-order valence-electron chi connectivity index (χ3n) is 4.31. The summed E-state index contributed by atoms with van der Waals surface area (Å²) in [6.07, 6.45) is 4.73. The van der Waals surface area contributed by atoms with E-state index in [0.29, 0.717) is 18.8 Å². The lowest BCUT2D eigenvalue weighted by molar-refractivity contribution is -0.385. The minimum absolute atomic E-state index is 0.0173.